The van der Waals surface area contributed by atoms with Crippen LogP contribution >= 0.6 is 15.9 Å². The molecule has 1 N–H and O–H groups in total. The second-order valence-corrected chi connectivity index (χ2v) is 7.94. The Morgan fingerprint density at radius 1 is 1.35 bits per heavy atom. The predicted molar refractivity (Wildman–Crippen MR) is 83.3 cm³/mol. The van der Waals surface area contributed by atoms with Crippen LogP contribution in [0.25, 0.3) is 0 Å². The average Bonchev–Trinajstić information content (AvgIpc) is 2.38. The number of anilines is 1. The minimum Gasteiger partial charge on any atom is -0.372 e. The van der Waals surface area contributed by atoms with Gasteiger partial charge in [-0.05, 0) is 48.7 Å². The van der Waals surface area contributed by atoms with E-state index < -0.39 is 10.0 Å². The molecule has 2 heterocycles. The highest BCUT2D eigenvalue weighted by Crippen LogP contribution is 2.32. The Morgan fingerprint density at radius 2 is 1.95 bits per heavy atom. The molecule has 0 radical (unpaired) electrons. The van der Waals surface area contributed by atoms with Gasteiger partial charge in [-0.1, -0.05) is 6.42 Å². The topological polar surface area (TPSA) is 62.3 Å². The van der Waals surface area contributed by atoms with Gasteiger partial charge in [0.25, 0.3) is 0 Å². The number of halogens is 1. The molecule has 0 spiro atoms. The molecule has 1 aromatic rings. The Hall–Kier alpha value is -0.660. The van der Waals surface area contributed by atoms with Crippen LogP contribution in [-0.2, 0) is 10.0 Å². The molecule has 0 saturated carbocycles. The van der Waals surface area contributed by atoms with E-state index in [1.54, 1.807) is 23.6 Å². The number of aromatic nitrogens is 1. The number of hydrogen-bond donors (Lipinski definition) is 1. The van der Waals surface area contributed by atoms with E-state index in [4.69, 9.17) is 0 Å². The zero-order valence-corrected chi connectivity index (χ0v) is 14.3. The van der Waals surface area contributed by atoms with Crippen LogP contribution in [0.4, 0.5) is 5.82 Å². The van der Waals surface area contributed by atoms with Crippen molar-refractivity contribution in [1.29, 1.82) is 0 Å². The highest BCUT2D eigenvalue weighted by atomic mass is 79.9. The smallest absolute Gasteiger partial charge is 0.247 e. The fourth-order valence-electron chi connectivity index (χ4n) is 2.79. The zero-order valence-electron chi connectivity index (χ0n) is 11.9. The Kier molecular flexibility index (Phi) is 4.71. The lowest BCUT2D eigenvalue weighted by atomic mass is 10.0. The van der Waals surface area contributed by atoms with E-state index in [0.717, 1.165) is 19.3 Å². The molecule has 1 aliphatic rings. The SMILES string of the molecule is CNc1ncc(Br)cc1S(=O)(=O)N1C(C)CCCC1C. The normalized spacial score (nSPS) is 24.6. The second kappa shape index (κ2) is 5.99. The number of nitrogens with zero attached hydrogens (tertiary/aromatic N) is 2. The Bertz CT molecular complexity index is 581. The van der Waals surface area contributed by atoms with Gasteiger partial charge in [0.05, 0.1) is 0 Å². The van der Waals surface area contributed by atoms with Crippen molar-refractivity contribution in [3.63, 3.8) is 0 Å². The average molecular weight is 362 g/mol. The maximum Gasteiger partial charge on any atom is 0.247 e. The van der Waals surface area contributed by atoms with E-state index in [1.165, 1.54) is 0 Å². The molecule has 2 rings (SSSR count). The number of sulfonamides is 1. The predicted octanol–water partition coefficient (Wildman–Crippen LogP) is 2.84. The summed E-state index contributed by atoms with van der Waals surface area (Å²) in [6.45, 7) is 3.94. The minimum atomic E-state index is -3.55. The van der Waals surface area contributed by atoms with Crippen molar-refractivity contribution >= 4 is 31.8 Å². The molecule has 7 heteroatoms. The van der Waals surface area contributed by atoms with Gasteiger partial charge in [0, 0.05) is 29.8 Å². The summed E-state index contributed by atoms with van der Waals surface area (Å²) < 4.78 is 28.2. The van der Waals surface area contributed by atoms with Crippen molar-refractivity contribution in [2.24, 2.45) is 0 Å². The number of piperidine rings is 1. The molecule has 5 nitrogen and oxygen atoms in total. The van der Waals surface area contributed by atoms with Gasteiger partial charge in [0.1, 0.15) is 10.7 Å². The Morgan fingerprint density at radius 3 is 2.50 bits per heavy atom. The molecule has 20 heavy (non-hydrogen) atoms. The number of pyridine rings is 1. The van der Waals surface area contributed by atoms with Gasteiger partial charge in [-0.2, -0.15) is 4.31 Å². The quantitative estimate of drug-likeness (QED) is 0.898. The third-order valence-corrected chi connectivity index (χ3v) is 6.30. The summed E-state index contributed by atoms with van der Waals surface area (Å²) in [7, 11) is -1.87. The minimum absolute atomic E-state index is 0.0208. The second-order valence-electron chi connectivity index (χ2n) is 5.21. The standard InChI is InChI=1S/C13H20BrN3O2S/c1-9-5-4-6-10(2)17(9)20(18,19)12-7-11(14)8-16-13(12)15-3/h7-10H,4-6H2,1-3H3,(H,15,16). The number of nitrogens with one attached hydrogen (secondary N) is 1. The van der Waals surface area contributed by atoms with Crippen molar-refractivity contribution < 1.29 is 8.42 Å². The van der Waals surface area contributed by atoms with Crippen LogP contribution in [0.1, 0.15) is 33.1 Å². The van der Waals surface area contributed by atoms with Gasteiger partial charge in [0.15, 0.2) is 0 Å². The lowest BCUT2D eigenvalue weighted by Crippen LogP contribution is -2.47. The Balaban J connectivity index is 2.51. The number of rotatable bonds is 3. The van der Waals surface area contributed by atoms with Gasteiger partial charge in [-0.25, -0.2) is 13.4 Å². The first-order valence-corrected chi connectivity index (χ1v) is 8.98. The molecular weight excluding hydrogens is 342 g/mol. The van der Waals surface area contributed by atoms with E-state index in [9.17, 15) is 8.42 Å². The number of hydrogen-bond acceptors (Lipinski definition) is 4. The van der Waals surface area contributed by atoms with Crippen LogP contribution in [-0.4, -0.2) is 36.8 Å². The van der Waals surface area contributed by atoms with E-state index in [1.807, 2.05) is 13.8 Å². The van der Waals surface area contributed by atoms with Crippen molar-refractivity contribution in [1.82, 2.24) is 9.29 Å². The summed E-state index contributed by atoms with van der Waals surface area (Å²) in [6, 6.07) is 1.65. The van der Waals surface area contributed by atoms with Crippen molar-refractivity contribution in [3.8, 4) is 0 Å². The summed E-state index contributed by atoms with van der Waals surface area (Å²) in [5, 5.41) is 2.86. The van der Waals surface area contributed by atoms with Crippen LogP contribution in [0.2, 0.25) is 0 Å². The molecule has 0 aliphatic carbocycles. The molecule has 2 unspecified atom stereocenters. The van der Waals surface area contributed by atoms with Crippen LogP contribution < -0.4 is 5.32 Å². The molecule has 1 saturated heterocycles. The molecule has 0 aromatic carbocycles. The van der Waals surface area contributed by atoms with Crippen LogP contribution in [0.5, 0.6) is 0 Å². The van der Waals surface area contributed by atoms with E-state index in [2.05, 4.69) is 26.2 Å². The summed E-state index contributed by atoms with van der Waals surface area (Å²) in [5.74, 6) is 0.387. The highest BCUT2D eigenvalue weighted by Gasteiger charge is 2.37. The first-order valence-electron chi connectivity index (χ1n) is 6.74. The highest BCUT2D eigenvalue weighted by molar-refractivity contribution is 9.10. The molecule has 0 amide bonds. The first kappa shape index (κ1) is 15.7. The maximum absolute atomic E-state index is 13.0. The molecular formula is C13H20BrN3O2S. The van der Waals surface area contributed by atoms with E-state index >= 15 is 0 Å². The molecule has 2 atom stereocenters. The van der Waals surface area contributed by atoms with Crippen LogP contribution in [0.3, 0.4) is 0 Å². The Labute approximate surface area is 129 Å². The lowest BCUT2D eigenvalue weighted by molar-refractivity contribution is 0.204. The summed E-state index contributed by atoms with van der Waals surface area (Å²) in [6.07, 6.45) is 4.47. The molecule has 0 bridgehead atoms. The molecule has 1 aliphatic heterocycles. The van der Waals surface area contributed by atoms with Gasteiger partial charge in [0.2, 0.25) is 10.0 Å². The molecule has 1 aromatic heterocycles. The molecule has 112 valence electrons. The maximum atomic E-state index is 13.0. The first-order chi connectivity index (χ1) is 9.37. The summed E-state index contributed by atoms with van der Waals surface area (Å²) >= 11 is 3.30. The summed E-state index contributed by atoms with van der Waals surface area (Å²) in [4.78, 5) is 4.38. The van der Waals surface area contributed by atoms with Crippen molar-refractivity contribution in [2.45, 2.75) is 50.1 Å². The van der Waals surface area contributed by atoms with Crippen LogP contribution in [0.15, 0.2) is 21.6 Å². The van der Waals surface area contributed by atoms with Crippen LogP contribution in [0, 0.1) is 0 Å². The van der Waals surface area contributed by atoms with Crippen molar-refractivity contribution in [2.75, 3.05) is 12.4 Å². The van der Waals surface area contributed by atoms with Gasteiger partial charge >= 0.3 is 0 Å². The van der Waals surface area contributed by atoms with Gasteiger partial charge in [-0.15, -0.1) is 0 Å². The van der Waals surface area contributed by atoms with Gasteiger partial charge in [-0.3, -0.25) is 0 Å². The van der Waals surface area contributed by atoms with Crippen molar-refractivity contribution in [3.05, 3.63) is 16.7 Å². The third-order valence-electron chi connectivity index (χ3n) is 3.72. The van der Waals surface area contributed by atoms with E-state index in [0.29, 0.717) is 10.3 Å². The monoisotopic (exact) mass is 361 g/mol. The third kappa shape index (κ3) is 2.84. The summed E-state index contributed by atoms with van der Waals surface area (Å²) in [5.41, 5.74) is 0. The van der Waals surface area contributed by atoms with E-state index in [-0.39, 0.29) is 17.0 Å². The fraction of sp³-hybridized carbons (Fsp3) is 0.615. The largest absolute Gasteiger partial charge is 0.372 e. The lowest BCUT2D eigenvalue weighted by Gasteiger charge is -2.37. The fourth-order valence-corrected chi connectivity index (χ4v) is 5.33. The molecule has 1 fully saturated rings. The zero-order chi connectivity index (χ0) is 14.9. The van der Waals surface area contributed by atoms with Gasteiger partial charge < -0.3 is 5.32 Å².